The van der Waals surface area contributed by atoms with Crippen LogP contribution < -0.4 is 5.32 Å². The zero-order chi connectivity index (χ0) is 15.4. The third-order valence-corrected chi connectivity index (χ3v) is 4.71. The summed E-state index contributed by atoms with van der Waals surface area (Å²) in [7, 11) is 0. The maximum absolute atomic E-state index is 11.9. The quantitative estimate of drug-likeness (QED) is 0.942. The number of carbonyl (C=O) groups is 1. The summed E-state index contributed by atoms with van der Waals surface area (Å²) in [6.07, 6.45) is 6.71. The lowest BCUT2D eigenvalue weighted by molar-refractivity contribution is -0.0760. The fraction of sp³-hybridized carbons (Fsp3) is 0.438. The van der Waals surface area contributed by atoms with Crippen LogP contribution in [0.3, 0.4) is 0 Å². The maximum Gasteiger partial charge on any atom is 0.261 e. The van der Waals surface area contributed by atoms with Crippen molar-refractivity contribution in [2.45, 2.75) is 38.3 Å². The Bertz CT molecular complexity index is 619. The first-order valence-electron chi connectivity index (χ1n) is 7.44. The number of hydrogen-bond acceptors (Lipinski definition) is 5. The van der Waals surface area contributed by atoms with E-state index in [9.17, 15) is 4.79 Å². The Balaban J connectivity index is 1.61. The third kappa shape index (κ3) is 3.34. The van der Waals surface area contributed by atoms with Crippen LogP contribution in [0, 0.1) is 0 Å². The van der Waals surface area contributed by atoms with Crippen molar-refractivity contribution in [2.75, 3.05) is 6.61 Å². The summed E-state index contributed by atoms with van der Waals surface area (Å²) in [5, 5.41) is 4.76. The molecule has 1 amide bonds. The summed E-state index contributed by atoms with van der Waals surface area (Å²) >= 11 is 1.43. The van der Waals surface area contributed by atoms with Gasteiger partial charge in [0.05, 0.1) is 4.88 Å². The zero-order valence-corrected chi connectivity index (χ0v) is 13.4. The molecule has 1 aliphatic heterocycles. The normalized spacial score (nSPS) is 21.5. The molecule has 0 aromatic carbocycles. The van der Waals surface area contributed by atoms with Gasteiger partial charge >= 0.3 is 0 Å². The Morgan fingerprint density at radius 2 is 2.23 bits per heavy atom. The summed E-state index contributed by atoms with van der Waals surface area (Å²) in [5.41, 5.74) is 0.504. The molecule has 5 nitrogen and oxygen atoms in total. The van der Waals surface area contributed by atoms with Crippen molar-refractivity contribution in [1.29, 1.82) is 0 Å². The minimum Gasteiger partial charge on any atom is -0.367 e. The number of nitrogens with one attached hydrogen (secondary N) is 1. The van der Waals surface area contributed by atoms with Gasteiger partial charge in [0.15, 0.2) is 5.82 Å². The van der Waals surface area contributed by atoms with Crippen LogP contribution in [0.1, 0.15) is 47.2 Å². The molecule has 1 aliphatic rings. The van der Waals surface area contributed by atoms with E-state index < -0.39 is 0 Å². The summed E-state index contributed by atoms with van der Waals surface area (Å²) in [5.74, 6) is 0.655. The summed E-state index contributed by atoms with van der Waals surface area (Å²) in [6.45, 7) is 3.23. The lowest BCUT2D eigenvalue weighted by Gasteiger charge is -2.32. The molecule has 0 aliphatic carbocycles. The molecule has 6 heteroatoms. The molecule has 1 N–H and O–H groups in total. The van der Waals surface area contributed by atoms with E-state index in [-0.39, 0.29) is 11.5 Å². The highest BCUT2D eigenvalue weighted by molar-refractivity contribution is 7.12. The van der Waals surface area contributed by atoms with Crippen molar-refractivity contribution in [3.63, 3.8) is 0 Å². The molecule has 1 fully saturated rings. The van der Waals surface area contributed by atoms with Gasteiger partial charge in [-0.3, -0.25) is 4.79 Å². The van der Waals surface area contributed by atoms with Crippen LogP contribution in [0.2, 0.25) is 0 Å². The molecule has 22 heavy (non-hydrogen) atoms. The molecular formula is C16H19N3O2S. The number of rotatable bonds is 4. The van der Waals surface area contributed by atoms with Crippen LogP contribution in [0.4, 0.5) is 0 Å². The van der Waals surface area contributed by atoms with Gasteiger partial charge in [0, 0.05) is 31.1 Å². The molecular weight excluding hydrogens is 298 g/mol. The van der Waals surface area contributed by atoms with Gasteiger partial charge in [-0.05, 0) is 37.6 Å². The molecule has 3 rings (SSSR count). The third-order valence-electron chi connectivity index (χ3n) is 3.85. The number of aromatic nitrogens is 2. The minimum absolute atomic E-state index is 0.0679. The van der Waals surface area contributed by atoms with Gasteiger partial charge < -0.3 is 10.1 Å². The van der Waals surface area contributed by atoms with Gasteiger partial charge in [0.25, 0.3) is 5.91 Å². The molecule has 1 saturated heterocycles. The van der Waals surface area contributed by atoms with E-state index in [2.05, 4.69) is 15.3 Å². The van der Waals surface area contributed by atoms with Crippen molar-refractivity contribution < 1.29 is 9.53 Å². The first-order valence-corrected chi connectivity index (χ1v) is 8.32. The zero-order valence-electron chi connectivity index (χ0n) is 12.5. The van der Waals surface area contributed by atoms with E-state index in [1.165, 1.54) is 11.3 Å². The Morgan fingerprint density at radius 3 is 2.86 bits per heavy atom. The van der Waals surface area contributed by atoms with Gasteiger partial charge in [0.1, 0.15) is 5.60 Å². The van der Waals surface area contributed by atoms with E-state index in [0.717, 1.165) is 37.3 Å². The van der Waals surface area contributed by atoms with Crippen LogP contribution >= 0.6 is 11.3 Å². The average molecular weight is 317 g/mol. The molecule has 0 radical (unpaired) electrons. The number of hydrogen-bond donors (Lipinski definition) is 1. The fourth-order valence-corrected chi connectivity index (χ4v) is 3.15. The molecule has 0 bridgehead atoms. The highest BCUT2D eigenvalue weighted by atomic mass is 32.1. The Hall–Kier alpha value is -1.79. The van der Waals surface area contributed by atoms with E-state index in [0.29, 0.717) is 11.4 Å². The minimum atomic E-state index is -0.378. The lowest BCUT2D eigenvalue weighted by Crippen LogP contribution is -2.32. The predicted molar refractivity (Wildman–Crippen MR) is 84.7 cm³/mol. The van der Waals surface area contributed by atoms with Crippen molar-refractivity contribution in [1.82, 2.24) is 15.3 Å². The Kier molecular flexibility index (Phi) is 4.49. The summed E-state index contributed by atoms with van der Waals surface area (Å²) < 4.78 is 5.85. The van der Waals surface area contributed by atoms with Crippen molar-refractivity contribution in [2.24, 2.45) is 0 Å². The predicted octanol–water partition coefficient (Wildman–Crippen LogP) is 2.88. The molecule has 1 atom stereocenters. The monoisotopic (exact) mass is 317 g/mol. The summed E-state index contributed by atoms with van der Waals surface area (Å²) in [4.78, 5) is 21.5. The van der Waals surface area contributed by atoms with E-state index in [4.69, 9.17) is 4.74 Å². The molecule has 0 saturated carbocycles. The molecule has 3 heterocycles. The fourth-order valence-electron chi connectivity index (χ4n) is 2.51. The molecule has 1 unspecified atom stereocenters. The smallest absolute Gasteiger partial charge is 0.261 e. The Labute approximate surface area is 133 Å². The van der Waals surface area contributed by atoms with Gasteiger partial charge in [-0.25, -0.2) is 9.97 Å². The molecule has 2 aromatic rings. The summed E-state index contributed by atoms with van der Waals surface area (Å²) in [6, 6.07) is 3.67. The van der Waals surface area contributed by atoms with Gasteiger partial charge in [-0.15, -0.1) is 11.3 Å². The van der Waals surface area contributed by atoms with Gasteiger partial charge in [-0.2, -0.15) is 0 Å². The SMILES string of the molecule is CC1(c2ncc(CNC(=O)c3cccs3)cn2)CCCCO1. The van der Waals surface area contributed by atoms with Gasteiger partial charge in [-0.1, -0.05) is 6.07 Å². The molecule has 0 spiro atoms. The highest BCUT2D eigenvalue weighted by Crippen LogP contribution is 2.32. The number of amides is 1. The topological polar surface area (TPSA) is 64.1 Å². The largest absolute Gasteiger partial charge is 0.367 e. The second-order valence-corrected chi connectivity index (χ2v) is 6.56. The number of ether oxygens (including phenoxy) is 1. The van der Waals surface area contributed by atoms with Crippen LogP contribution in [0.15, 0.2) is 29.9 Å². The first kappa shape index (κ1) is 15.1. The molecule has 2 aromatic heterocycles. The van der Waals surface area contributed by atoms with E-state index in [1.807, 2.05) is 18.4 Å². The maximum atomic E-state index is 11.9. The number of thiophene rings is 1. The number of carbonyl (C=O) groups excluding carboxylic acids is 1. The average Bonchev–Trinajstić information content (AvgIpc) is 3.08. The van der Waals surface area contributed by atoms with Crippen LogP contribution in [-0.2, 0) is 16.9 Å². The molecule has 116 valence electrons. The second-order valence-electron chi connectivity index (χ2n) is 5.61. The second kappa shape index (κ2) is 6.54. The van der Waals surface area contributed by atoms with Gasteiger partial charge in [0.2, 0.25) is 0 Å². The Morgan fingerprint density at radius 1 is 1.41 bits per heavy atom. The standard InChI is InChI=1S/C16H19N3O2S/c1-16(6-2-3-7-21-16)15-18-10-12(11-19-15)9-17-14(20)13-5-4-8-22-13/h4-5,8,10-11H,2-3,6-7,9H2,1H3,(H,17,20). The van der Waals surface area contributed by atoms with Crippen LogP contribution in [0.25, 0.3) is 0 Å². The van der Waals surface area contributed by atoms with Crippen LogP contribution in [0.5, 0.6) is 0 Å². The van der Waals surface area contributed by atoms with Crippen molar-refractivity contribution in [3.8, 4) is 0 Å². The lowest BCUT2D eigenvalue weighted by atomic mass is 9.95. The first-order chi connectivity index (χ1) is 10.7. The van der Waals surface area contributed by atoms with Crippen molar-refractivity contribution >= 4 is 17.2 Å². The van der Waals surface area contributed by atoms with Crippen LogP contribution in [-0.4, -0.2) is 22.5 Å². The number of nitrogens with zero attached hydrogens (tertiary/aromatic N) is 2. The van der Waals surface area contributed by atoms with E-state index in [1.54, 1.807) is 18.5 Å². The highest BCUT2D eigenvalue weighted by Gasteiger charge is 2.32. The van der Waals surface area contributed by atoms with Crippen molar-refractivity contribution in [3.05, 3.63) is 46.2 Å². The van der Waals surface area contributed by atoms with E-state index >= 15 is 0 Å².